The summed E-state index contributed by atoms with van der Waals surface area (Å²) in [4.78, 5) is 18.4. The van der Waals surface area contributed by atoms with Crippen molar-refractivity contribution in [1.29, 1.82) is 0 Å². The molecule has 1 aliphatic rings. The first-order chi connectivity index (χ1) is 8.72. The van der Waals surface area contributed by atoms with Gasteiger partial charge in [0.25, 0.3) is 5.56 Å². The van der Waals surface area contributed by atoms with Crippen molar-refractivity contribution < 1.29 is 0 Å². The number of piperidine rings is 1. The smallest absolute Gasteiger partial charge is 0.293 e. The molecular formula is C13H22N4O. The van der Waals surface area contributed by atoms with Gasteiger partial charge in [0.15, 0.2) is 5.82 Å². The molecule has 1 aromatic heterocycles. The van der Waals surface area contributed by atoms with E-state index in [2.05, 4.69) is 22.1 Å². The summed E-state index contributed by atoms with van der Waals surface area (Å²) in [6.45, 7) is 6.02. The fourth-order valence-corrected chi connectivity index (χ4v) is 2.47. The van der Waals surface area contributed by atoms with Gasteiger partial charge in [-0.25, -0.2) is 4.98 Å². The molecule has 0 aromatic carbocycles. The summed E-state index contributed by atoms with van der Waals surface area (Å²) in [5.74, 6) is 1.21. The van der Waals surface area contributed by atoms with E-state index in [-0.39, 0.29) is 5.56 Å². The lowest BCUT2D eigenvalue weighted by atomic mass is 9.98. The van der Waals surface area contributed by atoms with Gasteiger partial charge in [-0.15, -0.1) is 0 Å². The highest BCUT2D eigenvalue weighted by Crippen LogP contribution is 2.18. The summed E-state index contributed by atoms with van der Waals surface area (Å²) in [7, 11) is 1.77. The predicted octanol–water partition coefficient (Wildman–Crippen LogP) is 0.606. The normalized spacial score (nSPS) is 20.1. The van der Waals surface area contributed by atoms with E-state index < -0.39 is 0 Å². The maximum absolute atomic E-state index is 12.0. The van der Waals surface area contributed by atoms with Crippen LogP contribution in [0, 0.1) is 5.92 Å². The van der Waals surface area contributed by atoms with Gasteiger partial charge in [-0.2, -0.15) is 0 Å². The number of hydrogen-bond donors (Lipinski definition) is 1. The van der Waals surface area contributed by atoms with Crippen molar-refractivity contribution in [3.63, 3.8) is 0 Å². The molecule has 2 rings (SSSR count). The summed E-state index contributed by atoms with van der Waals surface area (Å²) >= 11 is 0. The Labute approximate surface area is 108 Å². The van der Waals surface area contributed by atoms with Gasteiger partial charge in [0.05, 0.1) is 0 Å². The number of rotatable bonds is 4. The Hall–Kier alpha value is -1.36. The monoisotopic (exact) mass is 250 g/mol. The molecule has 1 aromatic rings. The molecule has 1 fully saturated rings. The Morgan fingerprint density at radius 1 is 1.56 bits per heavy atom. The Bertz CT molecular complexity index is 443. The highest BCUT2D eigenvalue weighted by atomic mass is 16.1. The molecule has 0 aliphatic carbocycles. The minimum absolute atomic E-state index is 0.00148. The number of hydrogen-bond acceptors (Lipinski definition) is 4. The summed E-state index contributed by atoms with van der Waals surface area (Å²) in [5, 5.41) is 3.39. The van der Waals surface area contributed by atoms with Crippen molar-refractivity contribution in [1.82, 2.24) is 14.9 Å². The molecule has 1 aliphatic heterocycles. The van der Waals surface area contributed by atoms with E-state index in [9.17, 15) is 4.79 Å². The van der Waals surface area contributed by atoms with E-state index in [0.29, 0.717) is 11.7 Å². The summed E-state index contributed by atoms with van der Waals surface area (Å²) in [5.41, 5.74) is 0.00148. The molecule has 1 saturated heterocycles. The van der Waals surface area contributed by atoms with Crippen molar-refractivity contribution >= 4 is 5.82 Å². The van der Waals surface area contributed by atoms with Gasteiger partial charge in [-0.3, -0.25) is 4.79 Å². The molecular weight excluding hydrogens is 228 g/mol. The Balaban J connectivity index is 2.08. The van der Waals surface area contributed by atoms with Crippen molar-refractivity contribution in [2.75, 3.05) is 31.1 Å². The van der Waals surface area contributed by atoms with Crippen LogP contribution in [0.1, 0.15) is 19.8 Å². The van der Waals surface area contributed by atoms with Crippen LogP contribution < -0.4 is 15.8 Å². The number of nitrogens with zero attached hydrogens (tertiary/aromatic N) is 3. The third-order valence-electron chi connectivity index (χ3n) is 3.50. The first-order valence-corrected chi connectivity index (χ1v) is 6.69. The largest absolute Gasteiger partial charge is 0.352 e. The van der Waals surface area contributed by atoms with Crippen LogP contribution in [0.5, 0.6) is 0 Å². The second kappa shape index (κ2) is 6.00. The van der Waals surface area contributed by atoms with Crippen molar-refractivity contribution in [2.24, 2.45) is 13.0 Å². The fraction of sp³-hybridized carbons (Fsp3) is 0.692. The topological polar surface area (TPSA) is 50.2 Å². The third-order valence-corrected chi connectivity index (χ3v) is 3.50. The Morgan fingerprint density at radius 2 is 2.39 bits per heavy atom. The van der Waals surface area contributed by atoms with E-state index in [1.807, 2.05) is 0 Å². The molecule has 18 heavy (non-hydrogen) atoms. The maximum atomic E-state index is 12.0. The van der Waals surface area contributed by atoms with E-state index in [4.69, 9.17) is 0 Å². The van der Waals surface area contributed by atoms with Gasteiger partial charge in [0.2, 0.25) is 0 Å². The van der Waals surface area contributed by atoms with Gasteiger partial charge in [-0.05, 0) is 31.8 Å². The first-order valence-electron chi connectivity index (χ1n) is 6.69. The molecule has 1 unspecified atom stereocenters. The van der Waals surface area contributed by atoms with Crippen LogP contribution in [-0.2, 0) is 7.05 Å². The Morgan fingerprint density at radius 3 is 3.17 bits per heavy atom. The Kier molecular flexibility index (Phi) is 4.36. The highest BCUT2D eigenvalue weighted by molar-refractivity contribution is 5.36. The molecule has 5 heteroatoms. The average Bonchev–Trinajstić information content (AvgIpc) is 2.40. The maximum Gasteiger partial charge on any atom is 0.293 e. The zero-order valence-electron chi connectivity index (χ0n) is 11.2. The molecule has 5 nitrogen and oxygen atoms in total. The van der Waals surface area contributed by atoms with Crippen LogP contribution in [0.2, 0.25) is 0 Å². The molecule has 0 saturated carbocycles. The molecule has 0 spiro atoms. The van der Waals surface area contributed by atoms with Gasteiger partial charge < -0.3 is 14.8 Å². The molecule has 2 heterocycles. The summed E-state index contributed by atoms with van der Waals surface area (Å²) < 4.78 is 1.59. The number of anilines is 1. The van der Waals surface area contributed by atoms with E-state index in [0.717, 1.165) is 32.6 Å². The first kappa shape index (κ1) is 13.1. The zero-order chi connectivity index (χ0) is 13.0. The van der Waals surface area contributed by atoms with Crippen LogP contribution in [0.25, 0.3) is 0 Å². The van der Waals surface area contributed by atoms with Gasteiger partial charge >= 0.3 is 0 Å². The molecule has 0 bridgehead atoms. The van der Waals surface area contributed by atoms with E-state index in [1.54, 1.807) is 24.0 Å². The second-order valence-electron chi connectivity index (χ2n) is 4.93. The van der Waals surface area contributed by atoms with E-state index in [1.165, 1.54) is 6.42 Å². The minimum atomic E-state index is 0.00148. The molecule has 0 amide bonds. The van der Waals surface area contributed by atoms with Gasteiger partial charge in [0.1, 0.15) is 0 Å². The lowest BCUT2D eigenvalue weighted by Crippen LogP contribution is -2.42. The molecule has 100 valence electrons. The van der Waals surface area contributed by atoms with Crippen LogP contribution in [0.3, 0.4) is 0 Å². The van der Waals surface area contributed by atoms with Crippen LogP contribution in [0.15, 0.2) is 17.2 Å². The average molecular weight is 250 g/mol. The number of aromatic nitrogens is 2. The minimum Gasteiger partial charge on any atom is -0.352 e. The highest BCUT2D eigenvalue weighted by Gasteiger charge is 2.22. The van der Waals surface area contributed by atoms with E-state index >= 15 is 0 Å². The quantitative estimate of drug-likeness (QED) is 0.850. The van der Waals surface area contributed by atoms with Gasteiger partial charge in [-0.1, -0.05) is 6.92 Å². The predicted molar refractivity (Wildman–Crippen MR) is 73.0 cm³/mol. The lowest BCUT2D eigenvalue weighted by molar-refractivity contribution is 0.393. The number of nitrogens with one attached hydrogen (secondary N) is 1. The van der Waals surface area contributed by atoms with Crippen LogP contribution in [-0.4, -0.2) is 35.7 Å². The standard InChI is InChI=1S/C13H22N4O/c1-3-14-9-11-5-4-7-17(10-11)12-13(18)16(2)8-6-15-12/h6,8,11,14H,3-5,7,9-10H2,1-2H3. The second-order valence-corrected chi connectivity index (χ2v) is 4.93. The number of aryl methyl sites for hydroxylation is 1. The summed E-state index contributed by atoms with van der Waals surface area (Å²) in [6, 6.07) is 0. The van der Waals surface area contributed by atoms with Crippen molar-refractivity contribution in [2.45, 2.75) is 19.8 Å². The molecule has 1 atom stereocenters. The summed E-state index contributed by atoms with van der Waals surface area (Å²) in [6.07, 6.45) is 5.77. The van der Waals surface area contributed by atoms with Crippen LogP contribution >= 0.6 is 0 Å². The van der Waals surface area contributed by atoms with Crippen molar-refractivity contribution in [3.8, 4) is 0 Å². The SMILES string of the molecule is CCNCC1CCCN(c2nccn(C)c2=O)C1. The molecule has 0 radical (unpaired) electrons. The van der Waals surface area contributed by atoms with Gasteiger partial charge in [0, 0.05) is 32.5 Å². The third kappa shape index (κ3) is 2.90. The molecule has 1 N–H and O–H groups in total. The zero-order valence-corrected chi connectivity index (χ0v) is 11.2. The van der Waals surface area contributed by atoms with Crippen molar-refractivity contribution in [3.05, 3.63) is 22.7 Å². The fourth-order valence-electron chi connectivity index (χ4n) is 2.47. The lowest BCUT2D eigenvalue weighted by Gasteiger charge is -2.33. The van der Waals surface area contributed by atoms with Crippen LogP contribution in [0.4, 0.5) is 5.82 Å².